The Morgan fingerprint density at radius 1 is 1.23 bits per heavy atom. The smallest absolute Gasteiger partial charge is 0.256 e. The van der Waals surface area contributed by atoms with Crippen molar-refractivity contribution in [1.29, 1.82) is 0 Å². The third-order valence-electron chi connectivity index (χ3n) is 6.56. The molecule has 0 spiro atoms. The monoisotopic (exact) mass is 482 g/mol. The van der Waals surface area contributed by atoms with Crippen molar-refractivity contribution in [1.82, 2.24) is 14.5 Å². The maximum atomic E-state index is 13.7. The molecule has 9 heteroatoms. The second-order valence-electron chi connectivity index (χ2n) is 8.98. The summed E-state index contributed by atoms with van der Waals surface area (Å²) in [5.74, 6) is -0.602. The van der Waals surface area contributed by atoms with E-state index in [9.17, 15) is 19.1 Å². The van der Waals surface area contributed by atoms with Gasteiger partial charge in [0.25, 0.3) is 5.91 Å². The lowest BCUT2D eigenvalue weighted by Gasteiger charge is -2.34. The number of amides is 2. The van der Waals surface area contributed by atoms with E-state index in [1.165, 1.54) is 19.2 Å². The molecule has 8 nitrogen and oxygen atoms in total. The summed E-state index contributed by atoms with van der Waals surface area (Å²) in [4.78, 5) is 32.1. The zero-order chi connectivity index (χ0) is 24.9. The van der Waals surface area contributed by atoms with Crippen LogP contribution in [0.2, 0.25) is 0 Å². The van der Waals surface area contributed by atoms with Gasteiger partial charge in [0.15, 0.2) is 0 Å². The van der Waals surface area contributed by atoms with E-state index >= 15 is 0 Å². The Balaban J connectivity index is 1.67. The molecular weight excluding hydrogens is 451 g/mol. The first-order valence-electron chi connectivity index (χ1n) is 11.9. The number of imidazole rings is 1. The Morgan fingerprint density at radius 3 is 2.60 bits per heavy atom. The van der Waals surface area contributed by atoms with Crippen LogP contribution in [-0.2, 0) is 16.1 Å². The molecule has 1 aliphatic rings. The first-order valence-corrected chi connectivity index (χ1v) is 11.9. The lowest BCUT2D eigenvalue weighted by Crippen LogP contribution is -2.41. The van der Waals surface area contributed by atoms with Gasteiger partial charge in [-0.15, -0.1) is 0 Å². The predicted octanol–water partition coefficient (Wildman–Crippen LogP) is 3.43. The van der Waals surface area contributed by atoms with E-state index in [0.717, 1.165) is 18.4 Å². The number of aliphatic hydroxyl groups excluding tert-OH is 1. The van der Waals surface area contributed by atoms with Gasteiger partial charge in [-0.05, 0) is 55.0 Å². The van der Waals surface area contributed by atoms with Crippen LogP contribution in [-0.4, -0.2) is 64.3 Å². The van der Waals surface area contributed by atoms with Crippen LogP contribution in [0, 0.1) is 11.7 Å². The Bertz CT molecular complexity index is 1190. The number of halogens is 1. The number of fused-ring (bicyclic) bond motifs is 1. The molecule has 4 rings (SSSR count). The second-order valence-corrected chi connectivity index (χ2v) is 8.98. The molecule has 0 aliphatic carbocycles. The number of rotatable bonds is 8. The SMILES string of the molecule is CC[C@@H](O)C1CCN(C(=O)c2cc(NC(=O)COC)cc3ncn(Cc4ccc(F)cc4)c23)CC1. The van der Waals surface area contributed by atoms with Gasteiger partial charge < -0.3 is 24.6 Å². The molecule has 0 bridgehead atoms. The van der Waals surface area contributed by atoms with E-state index < -0.39 is 0 Å². The summed E-state index contributed by atoms with van der Waals surface area (Å²) in [6, 6.07) is 9.61. The molecule has 0 unspecified atom stereocenters. The molecular formula is C26H31FN4O4. The number of hydrogen-bond acceptors (Lipinski definition) is 5. The standard InChI is InChI=1S/C26H31FN4O4/c1-3-23(32)18-8-10-30(11-9-18)26(34)21-12-20(29-24(33)15-35-2)13-22-25(21)31(16-28-22)14-17-4-6-19(27)7-5-17/h4-7,12-13,16,18,23,32H,3,8-11,14-15H2,1-2H3,(H,29,33)/t23-/m1/s1. The van der Waals surface area contributed by atoms with E-state index in [0.29, 0.717) is 48.3 Å². The minimum Gasteiger partial charge on any atom is -0.393 e. The third-order valence-corrected chi connectivity index (χ3v) is 6.56. The fourth-order valence-electron chi connectivity index (χ4n) is 4.67. The molecule has 1 fully saturated rings. The normalized spacial score (nSPS) is 15.4. The molecule has 1 saturated heterocycles. The van der Waals surface area contributed by atoms with Crippen LogP contribution in [0.15, 0.2) is 42.7 Å². The highest BCUT2D eigenvalue weighted by atomic mass is 19.1. The van der Waals surface area contributed by atoms with E-state index in [1.807, 2.05) is 11.5 Å². The number of carbonyl (C=O) groups excluding carboxylic acids is 2. The summed E-state index contributed by atoms with van der Waals surface area (Å²) in [5, 5.41) is 13.0. The zero-order valence-electron chi connectivity index (χ0n) is 20.0. The van der Waals surface area contributed by atoms with Crippen molar-refractivity contribution < 1.29 is 23.8 Å². The van der Waals surface area contributed by atoms with Gasteiger partial charge in [0.2, 0.25) is 5.91 Å². The number of likely N-dealkylation sites (tertiary alicyclic amines) is 1. The highest BCUT2D eigenvalue weighted by molar-refractivity contribution is 6.07. The molecule has 2 amide bonds. The van der Waals surface area contributed by atoms with Gasteiger partial charge in [-0.3, -0.25) is 9.59 Å². The summed E-state index contributed by atoms with van der Waals surface area (Å²) < 4.78 is 20.1. The number of piperidine rings is 1. The summed E-state index contributed by atoms with van der Waals surface area (Å²) in [6.07, 6.45) is 3.47. The third kappa shape index (κ3) is 5.68. The van der Waals surface area contributed by atoms with Crippen LogP contribution in [0.25, 0.3) is 11.0 Å². The molecule has 2 heterocycles. The summed E-state index contributed by atoms with van der Waals surface area (Å²) in [6.45, 7) is 3.37. The van der Waals surface area contributed by atoms with E-state index in [4.69, 9.17) is 4.74 Å². The topological polar surface area (TPSA) is 96.7 Å². The van der Waals surface area contributed by atoms with E-state index in [2.05, 4.69) is 10.3 Å². The number of anilines is 1. The number of nitrogens with one attached hydrogen (secondary N) is 1. The quantitative estimate of drug-likeness (QED) is 0.513. The first-order chi connectivity index (χ1) is 16.9. The number of methoxy groups -OCH3 is 1. The van der Waals surface area contributed by atoms with Crippen molar-refractivity contribution in [3.05, 3.63) is 59.7 Å². The number of nitrogens with zero attached hydrogens (tertiary/aromatic N) is 3. The van der Waals surface area contributed by atoms with Crippen LogP contribution < -0.4 is 5.32 Å². The number of aromatic nitrogens is 2. The van der Waals surface area contributed by atoms with Gasteiger partial charge in [-0.25, -0.2) is 9.37 Å². The highest BCUT2D eigenvalue weighted by Crippen LogP contribution is 2.28. The summed E-state index contributed by atoms with van der Waals surface area (Å²) >= 11 is 0. The molecule has 0 radical (unpaired) electrons. The van der Waals surface area contributed by atoms with Crippen molar-refractivity contribution in [2.75, 3.05) is 32.1 Å². The molecule has 2 N–H and O–H groups in total. The average molecular weight is 483 g/mol. The van der Waals surface area contributed by atoms with Crippen molar-refractivity contribution in [2.45, 2.75) is 38.8 Å². The van der Waals surface area contributed by atoms with Crippen molar-refractivity contribution in [2.24, 2.45) is 5.92 Å². The van der Waals surface area contributed by atoms with Crippen LogP contribution >= 0.6 is 0 Å². The average Bonchev–Trinajstić information content (AvgIpc) is 3.26. The van der Waals surface area contributed by atoms with Gasteiger partial charge in [0.1, 0.15) is 12.4 Å². The van der Waals surface area contributed by atoms with Gasteiger partial charge in [0.05, 0.1) is 29.0 Å². The van der Waals surface area contributed by atoms with Crippen molar-refractivity contribution in [3.8, 4) is 0 Å². The Hall–Kier alpha value is -3.30. The Kier molecular flexibility index (Phi) is 7.77. The highest BCUT2D eigenvalue weighted by Gasteiger charge is 2.29. The molecule has 0 saturated carbocycles. The van der Waals surface area contributed by atoms with Gasteiger partial charge in [0, 0.05) is 32.4 Å². The molecule has 186 valence electrons. The number of benzene rings is 2. The fraction of sp³-hybridized carbons (Fsp3) is 0.423. The largest absolute Gasteiger partial charge is 0.393 e. The lowest BCUT2D eigenvalue weighted by atomic mass is 9.89. The first kappa shape index (κ1) is 24.8. The van der Waals surface area contributed by atoms with Crippen LogP contribution in [0.3, 0.4) is 0 Å². The van der Waals surface area contributed by atoms with Crippen molar-refractivity contribution >= 4 is 28.5 Å². The summed E-state index contributed by atoms with van der Waals surface area (Å²) in [5.41, 5.74) is 2.99. The molecule has 35 heavy (non-hydrogen) atoms. The van der Waals surface area contributed by atoms with Gasteiger partial charge in [-0.2, -0.15) is 0 Å². The Labute approximate surface area is 203 Å². The second kappa shape index (κ2) is 11.0. The lowest BCUT2D eigenvalue weighted by molar-refractivity contribution is -0.119. The van der Waals surface area contributed by atoms with E-state index in [-0.39, 0.29) is 36.3 Å². The number of ether oxygens (including phenoxy) is 1. The van der Waals surface area contributed by atoms with Crippen molar-refractivity contribution in [3.63, 3.8) is 0 Å². The molecule has 1 atom stereocenters. The number of carbonyl (C=O) groups is 2. The van der Waals surface area contributed by atoms with E-state index in [1.54, 1.807) is 35.5 Å². The predicted molar refractivity (Wildman–Crippen MR) is 131 cm³/mol. The summed E-state index contributed by atoms with van der Waals surface area (Å²) in [7, 11) is 1.44. The zero-order valence-corrected chi connectivity index (χ0v) is 20.0. The minimum atomic E-state index is -0.351. The number of hydrogen-bond donors (Lipinski definition) is 2. The van der Waals surface area contributed by atoms with Crippen LogP contribution in [0.5, 0.6) is 0 Å². The van der Waals surface area contributed by atoms with Gasteiger partial charge >= 0.3 is 0 Å². The minimum absolute atomic E-state index is 0.104. The van der Waals surface area contributed by atoms with Gasteiger partial charge in [-0.1, -0.05) is 19.1 Å². The maximum absolute atomic E-state index is 13.7. The van der Waals surface area contributed by atoms with Crippen LogP contribution in [0.4, 0.5) is 10.1 Å². The molecule has 1 aliphatic heterocycles. The van der Waals surface area contributed by atoms with Crippen LogP contribution in [0.1, 0.15) is 42.1 Å². The fourth-order valence-corrected chi connectivity index (χ4v) is 4.67. The number of aliphatic hydroxyl groups is 1. The molecule has 1 aromatic heterocycles. The molecule has 3 aromatic rings. The maximum Gasteiger partial charge on any atom is 0.256 e. The molecule has 2 aromatic carbocycles. The Morgan fingerprint density at radius 2 is 1.94 bits per heavy atom.